The number of amides is 2. The molecule has 33 heavy (non-hydrogen) atoms. The van der Waals surface area contributed by atoms with Crippen molar-refractivity contribution in [1.82, 2.24) is 5.06 Å². The molecule has 0 aromatic heterocycles. The summed E-state index contributed by atoms with van der Waals surface area (Å²) in [6.45, 7) is 7.08. The van der Waals surface area contributed by atoms with Gasteiger partial charge in [0, 0.05) is 17.4 Å². The average molecular weight is 477 g/mol. The van der Waals surface area contributed by atoms with Crippen molar-refractivity contribution < 1.29 is 36.6 Å². The van der Waals surface area contributed by atoms with Gasteiger partial charge in [-0.3, -0.25) is 14.4 Å². The van der Waals surface area contributed by atoms with Crippen LogP contribution >= 0.6 is 12.0 Å². The molecule has 1 atom stereocenters. The van der Waals surface area contributed by atoms with Gasteiger partial charge in [0.05, 0.1) is 11.1 Å². The summed E-state index contributed by atoms with van der Waals surface area (Å²) < 4.78 is 47.3. The molecule has 6 nitrogen and oxygen atoms in total. The van der Waals surface area contributed by atoms with Crippen molar-refractivity contribution in [2.75, 3.05) is 0 Å². The molecular weight excluding hydrogens is 459 g/mol. The predicted molar refractivity (Wildman–Crippen MR) is 116 cm³/mol. The molecule has 1 heterocycles. The second-order valence-electron chi connectivity index (χ2n) is 7.18. The highest BCUT2D eigenvalue weighted by atomic mass is 32.2. The summed E-state index contributed by atoms with van der Waals surface area (Å²) in [7, 11) is 0. The van der Waals surface area contributed by atoms with E-state index in [1.54, 1.807) is 13.0 Å². The third-order valence-corrected chi connectivity index (χ3v) is 5.10. The molecule has 172 valence electrons. The van der Waals surface area contributed by atoms with Crippen LogP contribution in [0, 0.1) is 11.8 Å². The topological polar surface area (TPSA) is 72.9 Å². The van der Waals surface area contributed by atoms with Gasteiger partial charge in [-0.05, 0) is 48.9 Å². The van der Waals surface area contributed by atoms with Crippen LogP contribution in [0.2, 0.25) is 0 Å². The van der Waals surface area contributed by atoms with Crippen LogP contribution in [0.25, 0.3) is 10.8 Å². The van der Waals surface area contributed by atoms with E-state index in [0.29, 0.717) is 17.4 Å². The Morgan fingerprint density at radius 2 is 1.85 bits per heavy atom. The first-order valence-corrected chi connectivity index (χ1v) is 10.5. The average Bonchev–Trinajstić information content (AvgIpc) is 2.75. The standard InChI is InChI=1S/C23H18F3NO5S/c1-4-7-18(28)31-22(3,5-2)13-12-14-10-11-17-19-15(14)8-6-9-16(19)20(29)27(21(17)30)32-33-23(24,25)26/h5-6,8-11H,2,4,7H2,1,3H3. The number of benzene rings is 2. The van der Waals surface area contributed by atoms with Crippen LogP contribution in [0.15, 0.2) is 43.0 Å². The lowest BCUT2D eigenvalue weighted by molar-refractivity contribution is -0.149. The van der Waals surface area contributed by atoms with E-state index in [1.165, 1.54) is 30.3 Å². The lowest BCUT2D eigenvalue weighted by atomic mass is 9.92. The third kappa shape index (κ3) is 5.21. The number of nitrogens with zero attached hydrogens (tertiary/aromatic N) is 1. The maximum absolute atomic E-state index is 12.7. The van der Waals surface area contributed by atoms with Crippen molar-refractivity contribution in [2.24, 2.45) is 0 Å². The van der Waals surface area contributed by atoms with Crippen LogP contribution in [0.5, 0.6) is 0 Å². The number of hydrogen-bond donors (Lipinski definition) is 0. The molecule has 1 unspecified atom stereocenters. The highest BCUT2D eigenvalue weighted by molar-refractivity contribution is 7.95. The van der Waals surface area contributed by atoms with Crippen LogP contribution in [0.3, 0.4) is 0 Å². The van der Waals surface area contributed by atoms with Crippen molar-refractivity contribution in [2.45, 2.75) is 37.8 Å². The van der Waals surface area contributed by atoms with Crippen molar-refractivity contribution in [3.05, 3.63) is 59.7 Å². The van der Waals surface area contributed by atoms with E-state index in [-0.39, 0.29) is 28.0 Å². The molecule has 0 radical (unpaired) electrons. The zero-order valence-corrected chi connectivity index (χ0v) is 18.4. The Morgan fingerprint density at radius 3 is 2.45 bits per heavy atom. The summed E-state index contributed by atoms with van der Waals surface area (Å²) in [5, 5.41) is 0.774. The van der Waals surface area contributed by atoms with E-state index >= 15 is 0 Å². The van der Waals surface area contributed by atoms with Crippen molar-refractivity contribution in [3.8, 4) is 11.8 Å². The Balaban J connectivity index is 2.02. The number of ether oxygens (including phenoxy) is 1. The number of hydroxylamine groups is 2. The van der Waals surface area contributed by atoms with Crippen molar-refractivity contribution in [3.63, 3.8) is 0 Å². The molecule has 0 saturated carbocycles. The largest absolute Gasteiger partial charge is 0.470 e. The van der Waals surface area contributed by atoms with Gasteiger partial charge in [-0.25, -0.2) is 0 Å². The molecule has 2 amide bonds. The quantitative estimate of drug-likeness (QED) is 0.188. The Morgan fingerprint density at radius 1 is 1.18 bits per heavy atom. The maximum Gasteiger partial charge on any atom is 0.470 e. The first-order valence-electron chi connectivity index (χ1n) is 9.75. The fourth-order valence-corrected chi connectivity index (χ4v) is 3.43. The normalized spacial score (nSPS) is 15.0. The number of esters is 1. The number of imide groups is 1. The fourth-order valence-electron chi connectivity index (χ4n) is 3.13. The van der Waals surface area contributed by atoms with Crippen LogP contribution in [-0.2, 0) is 13.8 Å². The Labute approximate surface area is 191 Å². The van der Waals surface area contributed by atoms with Gasteiger partial charge in [-0.15, -0.1) is 5.06 Å². The van der Waals surface area contributed by atoms with Gasteiger partial charge < -0.3 is 4.74 Å². The Kier molecular flexibility index (Phi) is 6.86. The summed E-state index contributed by atoms with van der Waals surface area (Å²) >= 11 is -0.952. The number of hydrogen-bond acceptors (Lipinski definition) is 6. The van der Waals surface area contributed by atoms with E-state index < -0.39 is 40.9 Å². The monoisotopic (exact) mass is 477 g/mol. The van der Waals surface area contributed by atoms with Crippen molar-refractivity contribution in [1.29, 1.82) is 0 Å². The molecule has 0 fully saturated rings. The molecule has 10 heteroatoms. The van der Waals surface area contributed by atoms with Gasteiger partial charge in [-0.1, -0.05) is 31.6 Å². The summed E-state index contributed by atoms with van der Waals surface area (Å²) in [6, 6.07) is 7.38. The van der Waals surface area contributed by atoms with Gasteiger partial charge in [0.25, 0.3) is 11.8 Å². The lowest BCUT2D eigenvalue weighted by Gasteiger charge is -2.25. The summed E-state index contributed by atoms with van der Waals surface area (Å²) in [5.74, 6) is 3.26. The Bertz CT molecular complexity index is 1190. The SMILES string of the molecule is C=CC(C)(C#Cc1ccc2c3c(cccc13)C(=O)N(OSC(F)(F)F)C2=O)OC(=O)CCC. The van der Waals surface area contributed by atoms with Crippen molar-refractivity contribution >= 4 is 40.6 Å². The fraction of sp³-hybridized carbons (Fsp3) is 0.261. The smallest absolute Gasteiger partial charge is 0.442 e. The summed E-state index contributed by atoms with van der Waals surface area (Å²) in [5.41, 5.74) is -5.65. The minimum atomic E-state index is -4.80. The molecule has 1 aliphatic heterocycles. The van der Waals surface area contributed by atoms with Crippen LogP contribution < -0.4 is 0 Å². The molecule has 2 aromatic rings. The third-order valence-electron chi connectivity index (χ3n) is 4.69. The lowest BCUT2D eigenvalue weighted by Crippen LogP contribution is -2.39. The second kappa shape index (κ2) is 9.29. The Hall–Kier alpha value is -3.29. The van der Waals surface area contributed by atoms with Crippen LogP contribution in [0.1, 0.15) is 53.0 Å². The second-order valence-corrected chi connectivity index (χ2v) is 7.96. The van der Waals surface area contributed by atoms with Gasteiger partial charge in [0.2, 0.25) is 0 Å². The zero-order chi connectivity index (χ0) is 24.4. The van der Waals surface area contributed by atoms with Crippen LogP contribution in [-0.4, -0.2) is 34.0 Å². The maximum atomic E-state index is 12.7. The van der Waals surface area contributed by atoms with E-state index in [2.05, 4.69) is 22.7 Å². The van der Waals surface area contributed by atoms with E-state index in [4.69, 9.17) is 4.74 Å². The molecule has 0 N–H and O–H groups in total. The highest BCUT2D eigenvalue weighted by Gasteiger charge is 2.39. The van der Waals surface area contributed by atoms with Gasteiger partial charge >= 0.3 is 11.5 Å². The molecule has 3 rings (SSSR count). The van der Waals surface area contributed by atoms with E-state index in [1.807, 2.05) is 6.92 Å². The molecule has 1 aliphatic rings. The minimum absolute atomic E-state index is 0.00520. The van der Waals surface area contributed by atoms with Gasteiger partial charge in [0.1, 0.15) is 12.0 Å². The van der Waals surface area contributed by atoms with E-state index in [9.17, 15) is 27.6 Å². The number of halogens is 3. The highest BCUT2D eigenvalue weighted by Crippen LogP contribution is 2.36. The van der Waals surface area contributed by atoms with Gasteiger partial charge in [-0.2, -0.15) is 17.5 Å². The first kappa shape index (κ1) is 24.4. The predicted octanol–water partition coefficient (Wildman–Crippen LogP) is 5.17. The molecule has 0 saturated heterocycles. The summed E-state index contributed by atoms with van der Waals surface area (Å²) in [6.07, 6.45) is 2.22. The number of rotatable bonds is 6. The van der Waals surface area contributed by atoms with Crippen LogP contribution in [0.4, 0.5) is 13.2 Å². The molecule has 2 aromatic carbocycles. The molecule has 0 bridgehead atoms. The van der Waals surface area contributed by atoms with E-state index in [0.717, 1.165) is 0 Å². The summed E-state index contributed by atoms with van der Waals surface area (Å²) in [4.78, 5) is 37.3. The number of alkyl halides is 3. The van der Waals surface area contributed by atoms with Gasteiger partial charge in [0.15, 0.2) is 5.60 Å². The zero-order valence-electron chi connectivity index (χ0n) is 17.6. The minimum Gasteiger partial charge on any atom is -0.442 e. The molecule has 0 aliphatic carbocycles. The number of carbonyl (C=O) groups is 3. The number of carbonyl (C=O) groups excluding carboxylic acids is 3. The molecule has 0 spiro atoms. The molecular formula is C23H18F3NO5S. The first-order chi connectivity index (χ1) is 15.5.